The van der Waals surface area contributed by atoms with Gasteiger partial charge in [0.1, 0.15) is 0 Å². The van der Waals surface area contributed by atoms with Crippen LogP contribution >= 0.6 is 0 Å². The van der Waals surface area contributed by atoms with E-state index < -0.39 is 8.07 Å². The Morgan fingerprint density at radius 1 is 0.467 bits per heavy atom. The monoisotopic (exact) mass is 596 g/mol. The lowest BCUT2D eigenvalue weighted by Gasteiger charge is -2.40. The molecular formula is C44H40Si. The highest BCUT2D eigenvalue weighted by Gasteiger charge is 2.48. The zero-order valence-electron chi connectivity index (χ0n) is 26.7. The van der Waals surface area contributed by atoms with Gasteiger partial charge in [0, 0.05) is 22.9 Å². The first kappa shape index (κ1) is 28.0. The summed E-state index contributed by atoms with van der Waals surface area (Å²) in [4.78, 5) is 0. The minimum Gasteiger partial charge on any atom is -0.0726 e. The van der Waals surface area contributed by atoms with E-state index in [4.69, 9.17) is 0 Å². The van der Waals surface area contributed by atoms with E-state index >= 15 is 0 Å². The van der Waals surface area contributed by atoms with E-state index in [9.17, 15) is 0 Å². The molecule has 0 spiro atoms. The second-order valence-corrected chi connectivity index (χ2v) is 18.7. The van der Waals surface area contributed by atoms with Gasteiger partial charge in [0.2, 0.25) is 0 Å². The first-order valence-corrected chi connectivity index (χ1v) is 19.6. The van der Waals surface area contributed by atoms with Crippen molar-refractivity contribution in [1.29, 1.82) is 0 Å². The lowest BCUT2D eigenvalue weighted by Crippen LogP contribution is -2.39. The minimum absolute atomic E-state index is 0.263. The van der Waals surface area contributed by atoms with Crippen molar-refractivity contribution in [3.63, 3.8) is 0 Å². The molecule has 4 aromatic carbocycles. The molecule has 0 bridgehead atoms. The van der Waals surface area contributed by atoms with Crippen molar-refractivity contribution >= 4 is 29.6 Å². The summed E-state index contributed by atoms with van der Waals surface area (Å²) in [5, 5.41) is 5.23. The SMILES string of the molecule is CC1=CC2=C(C=CC=CC2c2ccc3ccccc3c2)C1[Si](C)(C)C1C(C)=CC2=C1C=CC=CC2c1ccc2ccccc2c1. The summed E-state index contributed by atoms with van der Waals surface area (Å²) in [7, 11) is -1.98. The molecule has 4 atom stereocenters. The van der Waals surface area contributed by atoms with Gasteiger partial charge in [-0.1, -0.05) is 170 Å². The Kier molecular flexibility index (Phi) is 6.77. The third-order valence-corrected chi connectivity index (χ3v) is 15.3. The second kappa shape index (κ2) is 10.9. The number of hydrogen-bond acceptors (Lipinski definition) is 0. The van der Waals surface area contributed by atoms with E-state index in [1.54, 1.807) is 0 Å². The number of benzene rings is 4. The minimum atomic E-state index is -1.98. The molecule has 0 amide bonds. The summed E-state index contributed by atoms with van der Waals surface area (Å²) < 4.78 is 0. The highest BCUT2D eigenvalue weighted by atomic mass is 28.3. The fraction of sp³-hybridized carbons (Fsp3) is 0.182. The molecule has 4 aromatic rings. The van der Waals surface area contributed by atoms with Crippen LogP contribution in [0.3, 0.4) is 0 Å². The summed E-state index contributed by atoms with van der Waals surface area (Å²) in [5.74, 6) is 0.525. The highest BCUT2D eigenvalue weighted by Crippen LogP contribution is 2.58. The van der Waals surface area contributed by atoms with Crippen molar-refractivity contribution in [2.24, 2.45) is 0 Å². The van der Waals surface area contributed by atoms with Crippen LogP contribution in [0.2, 0.25) is 24.2 Å². The molecule has 8 rings (SSSR count). The van der Waals surface area contributed by atoms with Crippen molar-refractivity contribution in [3.05, 3.63) is 190 Å². The summed E-state index contributed by atoms with van der Waals surface area (Å²) in [5.41, 5.74) is 12.8. The third-order valence-electron chi connectivity index (χ3n) is 10.8. The Hall–Kier alpha value is -4.46. The fourth-order valence-electron chi connectivity index (χ4n) is 8.97. The maximum Gasteiger partial charge on any atom is 0.0721 e. The molecule has 1 heteroatoms. The fourth-order valence-corrected chi connectivity index (χ4v) is 13.9. The average molecular weight is 597 g/mol. The van der Waals surface area contributed by atoms with Crippen LogP contribution in [0.1, 0.15) is 36.8 Å². The summed E-state index contributed by atoms with van der Waals surface area (Å²) in [6.45, 7) is 10.1. The Morgan fingerprint density at radius 2 is 0.889 bits per heavy atom. The molecule has 0 aliphatic heterocycles. The predicted molar refractivity (Wildman–Crippen MR) is 196 cm³/mol. The van der Waals surface area contributed by atoms with Gasteiger partial charge in [0.25, 0.3) is 0 Å². The molecule has 220 valence electrons. The standard InChI is InChI=1S/C44H40Si/c1-29-25-41-37(35-23-21-31-13-5-7-15-33(31)27-35)17-9-11-19-39(41)43(29)45(3,4)44-30(2)26-42-38(18-10-12-20-40(42)44)36-24-22-32-14-6-8-16-34(32)28-36/h5-28,37-38,43-44H,1-4H3. The Bertz CT molecular complexity index is 1970. The van der Waals surface area contributed by atoms with E-state index in [0.29, 0.717) is 11.1 Å². The molecule has 0 saturated heterocycles. The van der Waals surface area contributed by atoms with Gasteiger partial charge in [-0.15, -0.1) is 0 Å². The molecule has 0 nitrogen and oxygen atoms in total. The van der Waals surface area contributed by atoms with E-state index in [1.807, 2.05) is 0 Å². The van der Waals surface area contributed by atoms with Crippen LogP contribution in [-0.2, 0) is 0 Å². The van der Waals surface area contributed by atoms with Gasteiger partial charge in [-0.25, -0.2) is 0 Å². The molecule has 4 aliphatic carbocycles. The van der Waals surface area contributed by atoms with Crippen molar-refractivity contribution in [2.75, 3.05) is 0 Å². The average Bonchev–Trinajstić information content (AvgIpc) is 3.38. The normalized spacial score (nSPS) is 24.2. The Balaban J connectivity index is 1.19. The van der Waals surface area contributed by atoms with Crippen LogP contribution < -0.4 is 0 Å². The molecule has 4 aliphatic rings. The van der Waals surface area contributed by atoms with Crippen molar-refractivity contribution in [3.8, 4) is 0 Å². The smallest absolute Gasteiger partial charge is 0.0721 e. The molecule has 0 N–H and O–H groups in total. The molecule has 45 heavy (non-hydrogen) atoms. The summed E-state index contributed by atoms with van der Waals surface area (Å²) >= 11 is 0. The van der Waals surface area contributed by atoms with Gasteiger partial charge >= 0.3 is 0 Å². The maximum absolute atomic E-state index is 2.65. The zero-order valence-corrected chi connectivity index (χ0v) is 27.7. The molecule has 4 unspecified atom stereocenters. The molecular weight excluding hydrogens is 557 g/mol. The van der Waals surface area contributed by atoms with Gasteiger partial charge in [-0.05, 0) is 68.8 Å². The molecule has 0 aromatic heterocycles. The van der Waals surface area contributed by atoms with Gasteiger partial charge < -0.3 is 0 Å². The summed E-state index contributed by atoms with van der Waals surface area (Å²) in [6.07, 6.45) is 23.9. The largest absolute Gasteiger partial charge is 0.0726 e. The number of rotatable bonds is 4. The number of allylic oxidation sites excluding steroid dienone is 16. The maximum atomic E-state index is 2.65. The van der Waals surface area contributed by atoms with Gasteiger partial charge in [-0.2, -0.15) is 0 Å². The third kappa shape index (κ3) is 4.64. The zero-order chi connectivity index (χ0) is 30.7. The Morgan fingerprint density at radius 3 is 1.33 bits per heavy atom. The van der Waals surface area contributed by atoms with Crippen LogP contribution in [0.4, 0.5) is 0 Å². The molecule has 0 radical (unpaired) electrons. The van der Waals surface area contributed by atoms with Crippen LogP contribution in [0, 0.1) is 0 Å². The lowest BCUT2D eigenvalue weighted by molar-refractivity contribution is 0.982. The van der Waals surface area contributed by atoms with E-state index in [-0.39, 0.29) is 11.8 Å². The molecule has 0 heterocycles. The summed E-state index contributed by atoms with van der Waals surface area (Å²) in [6, 6.07) is 31.5. The van der Waals surface area contributed by atoms with E-state index in [0.717, 1.165) is 0 Å². The number of hydrogen-bond donors (Lipinski definition) is 0. The van der Waals surface area contributed by atoms with E-state index in [2.05, 4.69) is 173 Å². The van der Waals surface area contributed by atoms with Crippen molar-refractivity contribution in [1.82, 2.24) is 0 Å². The van der Waals surface area contributed by atoms with Gasteiger partial charge in [-0.3, -0.25) is 0 Å². The topological polar surface area (TPSA) is 0 Å². The molecule has 0 saturated carbocycles. The number of fused-ring (bicyclic) bond motifs is 2. The van der Waals surface area contributed by atoms with Crippen molar-refractivity contribution in [2.45, 2.75) is 49.9 Å². The molecule has 0 fully saturated rings. The van der Waals surface area contributed by atoms with Crippen LogP contribution in [0.5, 0.6) is 0 Å². The van der Waals surface area contributed by atoms with E-state index in [1.165, 1.54) is 66.1 Å². The quantitative estimate of drug-likeness (QED) is 0.206. The van der Waals surface area contributed by atoms with Crippen molar-refractivity contribution < 1.29 is 0 Å². The Labute approximate surface area is 268 Å². The predicted octanol–water partition coefficient (Wildman–Crippen LogP) is 12.1. The van der Waals surface area contributed by atoms with Crippen LogP contribution in [-0.4, -0.2) is 8.07 Å². The van der Waals surface area contributed by atoms with Crippen LogP contribution in [0.25, 0.3) is 21.5 Å². The van der Waals surface area contributed by atoms with Gasteiger partial charge in [0.05, 0.1) is 8.07 Å². The lowest BCUT2D eigenvalue weighted by atomic mass is 9.88. The van der Waals surface area contributed by atoms with Gasteiger partial charge in [0.15, 0.2) is 0 Å². The first-order chi connectivity index (χ1) is 21.9. The second-order valence-electron chi connectivity index (χ2n) is 13.9. The highest BCUT2D eigenvalue weighted by molar-refractivity contribution is 6.83. The van der Waals surface area contributed by atoms with Crippen LogP contribution in [0.15, 0.2) is 179 Å². The first-order valence-electron chi connectivity index (χ1n) is 16.4.